The van der Waals surface area contributed by atoms with Crippen molar-refractivity contribution in [2.75, 3.05) is 19.8 Å². The third kappa shape index (κ3) is 9.04. The summed E-state index contributed by atoms with van der Waals surface area (Å²) in [5.74, 6) is -0.359. The first-order chi connectivity index (χ1) is 11.0. The molecule has 0 saturated carbocycles. The second-order valence-corrected chi connectivity index (χ2v) is 8.64. The number of benzene rings is 1. The Morgan fingerprint density at radius 3 is 2.00 bits per heavy atom. The van der Waals surface area contributed by atoms with Crippen molar-refractivity contribution >= 4 is 5.97 Å². The van der Waals surface area contributed by atoms with Crippen molar-refractivity contribution in [3.05, 3.63) is 35.4 Å². The second-order valence-electron chi connectivity index (χ2n) is 8.64. The van der Waals surface area contributed by atoms with Crippen molar-refractivity contribution in [1.82, 2.24) is 0 Å². The topological polar surface area (TPSA) is 44.8 Å². The highest BCUT2D eigenvalue weighted by atomic mass is 16.7. The van der Waals surface area contributed by atoms with E-state index >= 15 is 0 Å². The van der Waals surface area contributed by atoms with Gasteiger partial charge in [-0.3, -0.25) is 0 Å². The van der Waals surface area contributed by atoms with Crippen LogP contribution >= 0.6 is 0 Å². The lowest BCUT2D eigenvalue weighted by Gasteiger charge is -2.27. The third-order valence-electron chi connectivity index (χ3n) is 3.01. The van der Waals surface area contributed by atoms with Crippen LogP contribution in [0.3, 0.4) is 0 Å². The lowest BCUT2D eigenvalue weighted by Crippen LogP contribution is -2.32. The maximum Gasteiger partial charge on any atom is 0.338 e. The van der Waals surface area contributed by atoms with E-state index in [1.165, 1.54) is 0 Å². The number of carbonyl (C=O) groups is 1. The predicted octanol–water partition coefficient (Wildman–Crippen LogP) is 4.60. The van der Waals surface area contributed by atoms with Crippen LogP contribution in [0.25, 0.3) is 0 Å². The van der Waals surface area contributed by atoms with Gasteiger partial charge in [0.1, 0.15) is 6.61 Å². The van der Waals surface area contributed by atoms with Gasteiger partial charge >= 0.3 is 5.97 Å². The van der Waals surface area contributed by atoms with E-state index in [4.69, 9.17) is 14.2 Å². The Kier molecular flexibility index (Phi) is 7.43. The molecule has 0 radical (unpaired) electrons. The minimum Gasteiger partial charge on any atom is -0.457 e. The van der Waals surface area contributed by atoms with E-state index in [9.17, 15) is 4.79 Å². The summed E-state index contributed by atoms with van der Waals surface area (Å²) in [5, 5.41) is 0. The Labute approximate surface area is 146 Å². The van der Waals surface area contributed by atoms with Gasteiger partial charge in [-0.1, -0.05) is 59.2 Å². The summed E-state index contributed by atoms with van der Waals surface area (Å²) in [4.78, 5) is 12.2. The fourth-order valence-electron chi connectivity index (χ4n) is 1.83. The van der Waals surface area contributed by atoms with Crippen LogP contribution in [-0.2, 0) is 14.2 Å². The highest BCUT2D eigenvalue weighted by molar-refractivity contribution is 5.89. The first-order valence-electron chi connectivity index (χ1n) is 8.43. The van der Waals surface area contributed by atoms with E-state index in [1.54, 1.807) is 6.07 Å². The van der Waals surface area contributed by atoms with E-state index in [0.717, 1.165) is 5.56 Å². The van der Waals surface area contributed by atoms with Crippen LogP contribution in [-0.4, -0.2) is 32.1 Å². The summed E-state index contributed by atoms with van der Waals surface area (Å²) < 4.78 is 17.0. The van der Waals surface area contributed by atoms with E-state index in [-0.39, 0.29) is 23.4 Å². The maximum atomic E-state index is 12.2. The van der Waals surface area contributed by atoms with E-state index in [1.807, 2.05) is 25.1 Å². The molecule has 1 aromatic rings. The SMILES string of the molecule is Cc1cccc(C(=O)OCC(OCC(C)(C)C)OCC(C)(C)C)c1. The van der Waals surface area contributed by atoms with Crippen molar-refractivity contribution in [2.24, 2.45) is 10.8 Å². The molecule has 0 heterocycles. The number of ether oxygens (including phenoxy) is 3. The summed E-state index contributed by atoms with van der Waals surface area (Å²) >= 11 is 0. The number of hydrogen-bond donors (Lipinski definition) is 0. The monoisotopic (exact) mass is 336 g/mol. The zero-order chi connectivity index (χ0) is 18.4. The third-order valence-corrected chi connectivity index (χ3v) is 3.01. The molecular formula is C20H32O4. The highest BCUT2D eigenvalue weighted by Gasteiger charge is 2.21. The molecule has 136 valence electrons. The lowest BCUT2D eigenvalue weighted by molar-refractivity contribution is -0.186. The standard InChI is InChI=1S/C20H32O4/c1-15-9-8-10-16(11-15)18(21)22-12-17(23-13-19(2,3)4)24-14-20(5,6)7/h8-11,17H,12-14H2,1-7H3. The van der Waals surface area contributed by atoms with Crippen molar-refractivity contribution < 1.29 is 19.0 Å². The van der Waals surface area contributed by atoms with Gasteiger partial charge in [-0.25, -0.2) is 4.79 Å². The van der Waals surface area contributed by atoms with E-state index in [2.05, 4.69) is 41.5 Å². The molecule has 0 N–H and O–H groups in total. The number of hydrogen-bond acceptors (Lipinski definition) is 4. The number of carbonyl (C=O) groups excluding carboxylic acids is 1. The average Bonchev–Trinajstić information content (AvgIpc) is 2.44. The van der Waals surface area contributed by atoms with Gasteiger partial charge < -0.3 is 14.2 Å². The predicted molar refractivity (Wildman–Crippen MR) is 96.1 cm³/mol. The minimum atomic E-state index is -0.558. The molecule has 0 amide bonds. The summed E-state index contributed by atoms with van der Waals surface area (Å²) in [6.45, 7) is 15.6. The molecule has 1 rings (SSSR count). The summed E-state index contributed by atoms with van der Waals surface area (Å²) in [5.41, 5.74) is 1.60. The zero-order valence-electron chi connectivity index (χ0n) is 16.1. The van der Waals surface area contributed by atoms with Gasteiger partial charge in [0.15, 0.2) is 6.29 Å². The fourth-order valence-corrected chi connectivity index (χ4v) is 1.83. The molecule has 0 aromatic heterocycles. The molecule has 4 heteroatoms. The summed E-state index contributed by atoms with van der Waals surface area (Å²) in [6.07, 6.45) is -0.558. The average molecular weight is 336 g/mol. The van der Waals surface area contributed by atoms with Crippen LogP contribution in [0.2, 0.25) is 0 Å². The van der Waals surface area contributed by atoms with Gasteiger partial charge in [0, 0.05) is 0 Å². The maximum absolute atomic E-state index is 12.2. The molecule has 0 fully saturated rings. The number of esters is 1. The Morgan fingerprint density at radius 2 is 1.54 bits per heavy atom. The van der Waals surface area contributed by atoms with Crippen molar-refractivity contribution in [1.29, 1.82) is 0 Å². The van der Waals surface area contributed by atoms with Crippen LogP contribution in [0.5, 0.6) is 0 Å². The molecule has 0 atom stereocenters. The highest BCUT2D eigenvalue weighted by Crippen LogP contribution is 2.18. The Bertz CT molecular complexity index is 505. The summed E-state index contributed by atoms with van der Waals surface area (Å²) in [7, 11) is 0. The second kappa shape index (κ2) is 8.63. The molecule has 0 unspecified atom stereocenters. The molecule has 1 aromatic carbocycles. The first kappa shape index (κ1) is 20.7. The molecule has 0 spiro atoms. The fraction of sp³-hybridized carbons (Fsp3) is 0.650. The number of rotatable bonds is 7. The Balaban J connectivity index is 2.61. The van der Waals surface area contributed by atoms with Gasteiger partial charge in [-0.15, -0.1) is 0 Å². The lowest BCUT2D eigenvalue weighted by atomic mass is 9.98. The molecular weight excluding hydrogens is 304 g/mol. The Morgan fingerprint density at radius 1 is 1.00 bits per heavy atom. The minimum absolute atomic E-state index is 0.0178. The van der Waals surface area contributed by atoms with Crippen LogP contribution < -0.4 is 0 Å². The molecule has 0 aliphatic rings. The molecule has 4 nitrogen and oxygen atoms in total. The smallest absolute Gasteiger partial charge is 0.338 e. The van der Waals surface area contributed by atoms with E-state index < -0.39 is 6.29 Å². The van der Waals surface area contributed by atoms with Gasteiger partial charge in [-0.2, -0.15) is 0 Å². The van der Waals surface area contributed by atoms with Crippen molar-refractivity contribution in [3.63, 3.8) is 0 Å². The molecule has 0 saturated heterocycles. The van der Waals surface area contributed by atoms with Gasteiger partial charge in [0.05, 0.1) is 18.8 Å². The molecule has 24 heavy (non-hydrogen) atoms. The number of aryl methyl sites for hydroxylation is 1. The summed E-state index contributed by atoms with van der Waals surface area (Å²) in [6, 6.07) is 7.34. The van der Waals surface area contributed by atoms with Crippen LogP contribution in [0.15, 0.2) is 24.3 Å². The van der Waals surface area contributed by atoms with Gasteiger partial charge in [0.25, 0.3) is 0 Å². The molecule has 0 aliphatic carbocycles. The first-order valence-corrected chi connectivity index (χ1v) is 8.43. The normalized spacial score (nSPS) is 12.5. The van der Waals surface area contributed by atoms with Crippen molar-refractivity contribution in [3.8, 4) is 0 Å². The van der Waals surface area contributed by atoms with Crippen LogP contribution in [0.4, 0.5) is 0 Å². The quantitative estimate of drug-likeness (QED) is 0.539. The largest absolute Gasteiger partial charge is 0.457 e. The van der Waals surface area contributed by atoms with Gasteiger partial charge in [-0.05, 0) is 29.9 Å². The Hall–Kier alpha value is -1.39. The van der Waals surface area contributed by atoms with Crippen LogP contribution in [0.1, 0.15) is 57.5 Å². The van der Waals surface area contributed by atoms with E-state index in [0.29, 0.717) is 18.8 Å². The van der Waals surface area contributed by atoms with Crippen molar-refractivity contribution in [2.45, 2.75) is 54.8 Å². The van der Waals surface area contributed by atoms with Gasteiger partial charge in [0.2, 0.25) is 0 Å². The molecule has 0 aliphatic heterocycles. The molecule has 0 bridgehead atoms. The zero-order valence-corrected chi connectivity index (χ0v) is 16.1. The van der Waals surface area contributed by atoms with Crippen LogP contribution in [0, 0.1) is 17.8 Å².